The van der Waals surface area contributed by atoms with Gasteiger partial charge >= 0.3 is 12.3 Å². The van der Waals surface area contributed by atoms with E-state index in [2.05, 4.69) is 10.6 Å². The number of ether oxygens (including phenoxy) is 5. The zero-order chi connectivity index (χ0) is 33.6. The van der Waals surface area contributed by atoms with Crippen molar-refractivity contribution in [2.24, 2.45) is 11.3 Å². The smallest absolute Gasteiger partial charge is 0.417 e. The molecule has 14 heteroatoms. The van der Waals surface area contributed by atoms with Gasteiger partial charge in [-0.2, -0.15) is 17.6 Å². The summed E-state index contributed by atoms with van der Waals surface area (Å²) in [5.41, 5.74) is -4.03. The van der Waals surface area contributed by atoms with E-state index in [0.29, 0.717) is 30.8 Å². The van der Waals surface area contributed by atoms with Crippen LogP contribution in [0.25, 0.3) is 0 Å². The van der Waals surface area contributed by atoms with E-state index in [1.54, 1.807) is 26.8 Å². The molecule has 46 heavy (non-hydrogen) atoms. The molecule has 5 aliphatic rings. The molecular weight excluding hydrogens is 619 g/mol. The summed E-state index contributed by atoms with van der Waals surface area (Å²) in [5.74, 6) is -6.16. The second kappa shape index (κ2) is 10.3. The molecule has 2 N–H and O–H groups in total. The summed E-state index contributed by atoms with van der Waals surface area (Å²) < 4.78 is 99.4. The number of carbonyl (C=O) groups excluding carboxylic acids is 2. The third-order valence-electron chi connectivity index (χ3n) is 9.59. The Morgan fingerprint density at radius 3 is 2.26 bits per heavy atom. The molecule has 250 valence electrons. The highest BCUT2D eigenvalue weighted by molar-refractivity contribution is 5.95. The monoisotopic (exact) mass is 654 g/mol. The van der Waals surface area contributed by atoms with Crippen molar-refractivity contribution < 1.29 is 55.2 Å². The van der Waals surface area contributed by atoms with Crippen molar-refractivity contribution in [3.63, 3.8) is 0 Å². The SMILES string of the molecule is COc1c([C@H]2[C@H](C(=O)Nc3ccc4c(c3)OC(C35CC(NC(=O)OC(C)(C)C)(C3)C5)O4)O[C@@](C)(C(F)(F)F)[C@H]2C)ccc(F)c1F. The van der Waals surface area contributed by atoms with Crippen molar-refractivity contribution in [3.05, 3.63) is 47.5 Å². The van der Waals surface area contributed by atoms with Crippen molar-refractivity contribution in [2.75, 3.05) is 12.4 Å². The van der Waals surface area contributed by atoms with Crippen LogP contribution in [0, 0.1) is 23.0 Å². The van der Waals surface area contributed by atoms with E-state index in [-0.39, 0.29) is 22.2 Å². The molecule has 4 fully saturated rings. The van der Waals surface area contributed by atoms with E-state index in [0.717, 1.165) is 26.2 Å². The third kappa shape index (κ3) is 5.08. The maximum absolute atomic E-state index is 14.6. The van der Waals surface area contributed by atoms with E-state index in [4.69, 9.17) is 23.7 Å². The average Bonchev–Trinajstić information content (AvgIpc) is 3.44. The number of hydrogen-bond acceptors (Lipinski definition) is 7. The zero-order valence-corrected chi connectivity index (χ0v) is 26.1. The zero-order valence-electron chi connectivity index (χ0n) is 26.1. The van der Waals surface area contributed by atoms with E-state index >= 15 is 0 Å². The molecule has 5 atom stereocenters. The molecule has 2 heterocycles. The van der Waals surface area contributed by atoms with Gasteiger partial charge in [-0.05, 0) is 65.2 Å². The predicted octanol–water partition coefficient (Wildman–Crippen LogP) is 6.60. The lowest BCUT2D eigenvalue weighted by molar-refractivity contribution is -0.272. The molecule has 2 bridgehead atoms. The molecule has 3 aliphatic carbocycles. The Bertz CT molecular complexity index is 1570. The van der Waals surface area contributed by atoms with Gasteiger partial charge in [-0.25, -0.2) is 9.18 Å². The van der Waals surface area contributed by atoms with Crippen LogP contribution in [0.3, 0.4) is 0 Å². The molecule has 1 unspecified atom stereocenters. The molecule has 0 aromatic heterocycles. The van der Waals surface area contributed by atoms with Crippen molar-refractivity contribution in [1.82, 2.24) is 5.32 Å². The predicted molar refractivity (Wildman–Crippen MR) is 153 cm³/mol. The number of nitrogens with one attached hydrogen (secondary N) is 2. The number of methoxy groups -OCH3 is 1. The van der Waals surface area contributed by atoms with Crippen LogP contribution in [0.2, 0.25) is 0 Å². The van der Waals surface area contributed by atoms with E-state index < -0.39 is 71.0 Å². The molecule has 0 spiro atoms. The number of hydrogen-bond donors (Lipinski definition) is 2. The first-order chi connectivity index (χ1) is 21.3. The first-order valence-electron chi connectivity index (χ1n) is 14.9. The van der Waals surface area contributed by atoms with Crippen LogP contribution in [0.15, 0.2) is 30.3 Å². The van der Waals surface area contributed by atoms with Crippen molar-refractivity contribution in [3.8, 4) is 17.2 Å². The largest absolute Gasteiger partial charge is 0.493 e. The van der Waals surface area contributed by atoms with Gasteiger partial charge in [0.2, 0.25) is 12.1 Å². The van der Waals surface area contributed by atoms with Gasteiger partial charge < -0.3 is 34.3 Å². The molecule has 2 aromatic carbocycles. The first-order valence-corrected chi connectivity index (χ1v) is 14.9. The quantitative estimate of drug-likeness (QED) is 0.339. The summed E-state index contributed by atoms with van der Waals surface area (Å²) in [4.78, 5) is 25.8. The molecule has 0 radical (unpaired) electrons. The number of fused-ring (bicyclic) bond motifs is 1. The molecule has 2 amide bonds. The maximum Gasteiger partial charge on any atom is 0.417 e. The van der Waals surface area contributed by atoms with Crippen LogP contribution in [-0.2, 0) is 14.3 Å². The topological polar surface area (TPSA) is 104 Å². The molecule has 3 saturated carbocycles. The molecule has 9 nitrogen and oxygen atoms in total. The fourth-order valence-electron chi connectivity index (χ4n) is 7.30. The Morgan fingerprint density at radius 2 is 1.65 bits per heavy atom. The first kappa shape index (κ1) is 32.1. The van der Waals surface area contributed by atoms with Gasteiger partial charge in [0.15, 0.2) is 28.7 Å². The molecule has 1 saturated heterocycles. The maximum atomic E-state index is 14.6. The highest BCUT2D eigenvalue weighted by Crippen LogP contribution is 2.70. The van der Waals surface area contributed by atoms with Crippen molar-refractivity contribution in [2.45, 2.75) is 95.1 Å². The Hall–Kier alpha value is -3.81. The average molecular weight is 655 g/mol. The second-order valence-corrected chi connectivity index (χ2v) is 14.0. The van der Waals surface area contributed by atoms with Crippen LogP contribution < -0.4 is 24.8 Å². The number of alkyl carbamates (subject to hydrolysis) is 1. The third-order valence-corrected chi connectivity index (χ3v) is 9.59. The van der Waals surface area contributed by atoms with Crippen LogP contribution in [0.5, 0.6) is 17.2 Å². The minimum Gasteiger partial charge on any atom is -0.493 e. The van der Waals surface area contributed by atoms with E-state index in [1.807, 2.05) is 0 Å². The van der Waals surface area contributed by atoms with Gasteiger partial charge in [-0.15, -0.1) is 0 Å². The molecule has 7 rings (SSSR count). The summed E-state index contributed by atoms with van der Waals surface area (Å²) in [6.45, 7) is 7.42. The van der Waals surface area contributed by atoms with Gasteiger partial charge in [0.1, 0.15) is 11.7 Å². The minimum atomic E-state index is -4.89. The molecular formula is C32H35F5N2O7. The van der Waals surface area contributed by atoms with Crippen molar-refractivity contribution in [1.29, 1.82) is 0 Å². The van der Waals surface area contributed by atoms with Gasteiger partial charge in [0.25, 0.3) is 5.91 Å². The number of alkyl halides is 3. The lowest BCUT2D eigenvalue weighted by Gasteiger charge is -2.70. The summed E-state index contributed by atoms with van der Waals surface area (Å²) in [6.07, 6.45) is -5.86. The lowest BCUT2D eigenvalue weighted by atomic mass is 9.39. The standard InChI is InChI=1S/C32H35F5N2O7/c1-15-21(17-8-9-18(33)22(34)23(17)42-6)24(45-29(15,5)32(35,36)37)25(40)38-16-7-10-19-20(11-16)44-26(43-19)30-12-31(13-30,14-30)39-27(41)46-28(2,3)4/h7-11,15,21,24,26H,12-14H2,1-6H3,(H,38,40)(H,39,41)/t15-,21-,24+,26?,29+,30?,31?/m0/s1. The number of halogens is 5. The highest BCUT2D eigenvalue weighted by atomic mass is 19.4. The number of amides is 2. The van der Waals surface area contributed by atoms with Gasteiger partial charge in [-0.3, -0.25) is 4.79 Å². The number of rotatable bonds is 6. The number of benzene rings is 2. The molecule has 2 aromatic rings. The normalized spacial score (nSPS) is 32.7. The van der Waals surface area contributed by atoms with Gasteiger partial charge in [-0.1, -0.05) is 13.0 Å². The van der Waals surface area contributed by atoms with E-state index in [9.17, 15) is 31.5 Å². The van der Waals surface area contributed by atoms with E-state index in [1.165, 1.54) is 19.1 Å². The Kier molecular flexibility index (Phi) is 7.23. The highest BCUT2D eigenvalue weighted by Gasteiger charge is 2.74. The lowest BCUT2D eigenvalue weighted by Crippen LogP contribution is -2.78. The van der Waals surface area contributed by atoms with Crippen molar-refractivity contribution >= 4 is 17.7 Å². The Balaban J connectivity index is 1.17. The van der Waals surface area contributed by atoms with Crippen LogP contribution in [-0.4, -0.2) is 54.4 Å². The fourth-order valence-corrected chi connectivity index (χ4v) is 7.30. The van der Waals surface area contributed by atoms with Crippen LogP contribution in [0.4, 0.5) is 32.4 Å². The van der Waals surface area contributed by atoms with Crippen LogP contribution in [0.1, 0.15) is 65.4 Å². The fraction of sp³-hybridized carbons (Fsp3) is 0.562. The van der Waals surface area contributed by atoms with Crippen LogP contribution >= 0.6 is 0 Å². The summed E-state index contributed by atoms with van der Waals surface area (Å²) >= 11 is 0. The van der Waals surface area contributed by atoms with Gasteiger partial charge in [0.05, 0.1) is 12.5 Å². The summed E-state index contributed by atoms with van der Waals surface area (Å²) in [5, 5.41) is 5.53. The summed E-state index contributed by atoms with van der Waals surface area (Å²) in [7, 11) is 1.06. The second-order valence-electron chi connectivity index (χ2n) is 14.0. The molecule has 2 aliphatic heterocycles. The summed E-state index contributed by atoms with van der Waals surface area (Å²) in [6, 6.07) is 6.43. The van der Waals surface area contributed by atoms with Gasteiger partial charge in [0, 0.05) is 34.7 Å². The Labute approximate surface area is 262 Å². The number of anilines is 1. The number of carbonyl (C=O) groups is 2. The minimum absolute atomic E-state index is 0.131. The Morgan fingerprint density at radius 1 is 1.00 bits per heavy atom.